The van der Waals surface area contributed by atoms with Crippen LogP contribution in [-0.4, -0.2) is 6.71 Å². The van der Waals surface area contributed by atoms with Gasteiger partial charge in [0.15, 0.2) is 0 Å². The topological polar surface area (TPSA) is 18.5 Å². The molecule has 0 unspecified atom stereocenters. The Kier molecular flexibility index (Phi) is 5.40. The Hall–Kier alpha value is -5.02. The Labute approximate surface area is 240 Å². The number of hydrogen-bond acceptors (Lipinski definition) is 2. The lowest BCUT2D eigenvalue weighted by Crippen LogP contribution is -2.57. The second-order valence-corrected chi connectivity index (χ2v) is 10.9. The molecule has 0 radical (unpaired) electrons. The van der Waals surface area contributed by atoms with Gasteiger partial charge in [0.1, 0.15) is 23.0 Å². The van der Waals surface area contributed by atoms with Crippen molar-refractivity contribution in [1.82, 2.24) is 0 Å². The lowest BCUT2D eigenvalue weighted by molar-refractivity contribution is 0.467. The summed E-state index contributed by atoms with van der Waals surface area (Å²) in [6.45, 7) is 4.30. The van der Waals surface area contributed by atoms with Crippen molar-refractivity contribution in [3.63, 3.8) is 0 Å². The highest BCUT2D eigenvalue weighted by Crippen LogP contribution is 2.45. The minimum absolute atomic E-state index is 0.0240. The molecule has 0 saturated carbocycles. The van der Waals surface area contributed by atoms with Gasteiger partial charge in [-0.3, -0.25) is 0 Å². The second kappa shape index (κ2) is 9.28. The summed E-state index contributed by atoms with van der Waals surface area (Å²) in [5, 5.41) is 0. The molecule has 2 nitrogen and oxygen atoms in total. The maximum absolute atomic E-state index is 7.02. The van der Waals surface area contributed by atoms with Crippen molar-refractivity contribution in [2.24, 2.45) is 0 Å². The predicted molar refractivity (Wildman–Crippen MR) is 170 cm³/mol. The smallest absolute Gasteiger partial charge is 0.260 e. The van der Waals surface area contributed by atoms with Crippen LogP contribution in [0.15, 0.2) is 127 Å². The van der Waals surface area contributed by atoms with Crippen molar-refractivity contribution in [2.45, 2.75) is 13.8 Å². The second-order valence-electron chi connectivity index (χ2n) is 10.9. The zero-order valence-electron chi connectivity index (χ0n) is 23.0. The van der Waals surface area contributed by atoms with Gasteiger partial charge >= 0.3 is 0 Å². The minimum atomic E-state index is -0.0240. The maximum Gasteiger partial charge on any atom is 0.260 e. The lowest BCUT2D eigenvalue weighted by Gasteiger charge is -2.35. The molecule has 2 aliphatic rings. The molecule has 0 saturated heterocycles. The molecule has 3 heteroatoms. The van der Waals surface area contributed by atoms with Gasteiger partial charge in [-0.05, 0) is 64.7 Å². The van der Waals surface area contributed by atoms with Crippen LogP contribution in [0.3, 0.4) is 0 Å². The normalized spacial score (nSPS) is 12.5. The van der Waals surface area contributed by atoms with Crippen LogP contribution in [0.4, 0.5) is 0 Å². The number of para-hydroxylation sites is 2. The average molecular weight is 526 g/mol. The fourth-order valence-electron chi connectivity index (χ4n) is 6.56. The molecule has 0 amide bonds. The molecule has 2 heterocycles. The Bertz CT molecular complexity index is 1960. The Morgan fingerprint density at radius 1 is 0.415 bits per heavy atom. The van der Waals surface area contributed by atoms with Crippen molar-refractivity contribution < 1.29 is 9.47 Å². The van der Waals surface area contributed by atoms with Crippen LogP contribution in [0.5, 0.6) is 23.0 Å². The van der Waals surface area contributed by atoms with Crippen LogP contribution >= 0.6 is 0 Å². The first kappa shape index (κ1) is 23.8. The summed E-state index contributed by atoms with van der Waals surface area (Å²) in [6.07, 6.45) is 0. The number of ether oxygens (including phenoxy) is 2. The highest BCUT2D eigenvalue weighted by molar-refractivity contribution is 6.98. The molecule has 0 atom stereocenters. The minimum Gasteiger partial charge on any atom is -0.458 e. The third-order valence-electron chi connectivity index (χ3n) is 8.53. The maximum atomic E-state index is 7.02. The number of aryl methyl sites for hydroxylation is 2. The predicted octanol–water partition coefficient (Wildman–Crippen LogP) is 8.03. The van der Waals surface area contributed by atoms with E-state index in [1.165, 1.54) is 22.3 Å². The summed E-state index contributed by atoms with van der Waals surface area (Å²) in [5.74, 6) is 3.57. The summed E-state index contributed by atoms with van der Waals surface area (Å²) in [4.78, 5) is 0. The molecular weight excluding hydrogens is 499 g/mol. The zero-order valence-corrected chi connectivity index (χ0v) is 23.0. The molecule has 41 heavy (non-hydrogen) atoms. The lowest BCUT2D eigenvalue weighted by atomic mass is 9.34. The molecule has 8 rings (SSSR count). The van der Waals surface area contributed by atoms with E-state index < -0.39 is 0 Å². The van der Waals surface area contributed by atoms with Crippen molar-refractivity contribution in [3.8, 4) is 56.4 Å². The van der Waals surface area contributed by atoms with Crippen molar-refractivity contribution in [1.29, 1.82) is 0 Å². The van der Waals surface area contributed by atoms with Gasteiger partial charge < -0.3 is 9.47 Å². The molecule has 0 fully saturated rings. The summed E-state index contributed by atoms with van der Waals surface area (Å²) < 4.78 is 13.8. The summed E-state index contributed by atoms with van der Waals surface area (Å²) in [5.41, 5.74) is 12.7. The molecule has 0 bridgehead atoms. The molecule has 194 valence electrons. The third-order valence-corrected chi connectivity index (χ3v) is 8.53. The standard InChI is InChI=1S/C38H27BO2/c1-24-12-6-8-16-27(24)30-18-10-20-32-36(30)40-34-23-22-29(26-14-4-3-5-15-26)38-35(34)39(32)33-21-11-19-31(37(33)41-38)28-17-9-7-13-25(28)2/h3-23H,1-2H3. The summed E-state index contributed by atoms with van der Waals surface area (Å²) in [7, 11) is 0. The Morgan fingerprint density at radius 2 is 0.951 bits per heavy atom. The van der Waals surface area contributed by atoms with Crippen LogP contribution in [0.2, 0.25) is 0 Å². The molecule has 0 N–H and O–H groups in total. The highest BCUT2D eigenvalue weighted by Gasteiger charge is 2.42. The van der Waals surface area contributed by atoms with E-state index in [-0.39, 0.29) is 6.71 Å². The average Bonchev–Trinajstić information content (AvgIpc) is 3.01. The Morgan fingerprint density at radius 3 is 1.56 bits per heavy atom. The molecular formula is C38H27BO2. The van der Waals surface area contributed by atoms with E-state index >= 15 is 0 Å². The van der Waals surface area contributed by atoms with Gasteiger partial charge in [-0.1, -0.05) is 115 Å². The zero-order chi connectivity index (χ0) is 27.5. The van der Waals surface area contributed by atoms with E-state index in [0.717, 1.165) is 61.6 Å². The van der Waals surface area contributed by atoms with Gasteiger partial charge in [-0.15, -0.1) is 0 Å². The van der Waals surface area contributed by atoms with E-state index in [9.17, 15) is 0 Å². The number of hydrogen-bond donors (Lipinski definition) is 0. The van der Waals surface area contributed by atoms with Crippen LogP contribution in [0.1, 0.15) is 11.1 Å². The van der Waals surface area contributed by atoms with Crippen LogP contribution < -0.4 is 25.9 Å². The van der Waals surface area contributed by atoms with Crippen LogP contribution in [-0.2, 0) is 0 Å². The van der Waals surface area contributed by atoms with Crippen molar-refractivity contribution in [3.05, 3.63) is 139 Å². The van der Waals surface area contributed by atoms with Gasteiger partial charge in [0, 0.05) is 22.2 Å². The monoisotopic (exact) mass is 526 g/mol. The summed E-state index contributed by atoms with van der Waals surface area (Å²) >= 11 is 0. The van der Waals surface area contributed by atoms with E-state index in [4.69, 9.17) is 9.47 Å². The van der Waals surface area contributed by atoms with E-state index in [0.29, 0.717) is 0 Å². The third kappa shape index (κ3) is 3.66. The fourth-order valence-corrected chi connectivity index (χ4v) is 6.56. The molecule has 6 aromatic carbocycles. The number of fused-ring (bicyclic) bond motifs is 4. The van der Waals surface area contributed by atoms with Gasteiger partial charge in [-0.25, -0.2) is 0 Å². The van der Waals surface area contributed by atoms with Crippen molar-refractivity contribution in [2.75, 3.05) is 0 Å². The Balaban J connectivity index is 1.43. The van der Waals surface area contributed by atoms with Gasteiger partial charge in [0.2, 0.25) is 0 Å². The van der Waals surface area contributed by atoms with Gasteiger partial charge in [-0.2, -0.15) is 0 Å². The van der Waals surface area contributed by atoms with Gasteiger partial charge in [0.05, 0.1) is 0 Å². The van der Waals surface area contributed by atoms with Crippen LogP contribution in [0, 0.1) is 13.8 Å². The first-order valence-electron chi connectivity index (χ1n) is 14.1. The molecule has 0 spiro atoms. The van der Waals surface area contributed by atoms with Gasteiger partial charge in [0.25, 0.3) is 6.71 Å². The first-order chi connectivity index (χ1) is 20.2. The van der Waals surface area contributed by atoms with E-state index in [1.807, 2.05) is 0 Å². The first-order valence-corrected chi connectivity index (χ1v) is 14.1. The molecule has 6 aromatic rings. The van der Waals surface area contributed by atoms with E-state index in [2.05, 4.69) is 141 Å². The molecule has 0 aromatic heterocycles. The van der Waals surface area contributed by atoms with E-state index in [1.54, 1.807) is 0 Å². The highest BCUT2D eigenvalue weighted by atomic mass is 16.5. The number of rotatable bonds is 3. The van der Waals surface area contributed by atoms with Crippen molar-refractivity contribution >= 4 is 23.1 Å². The largest absolute Gasteiger partial charge is 0.458 e. The SMILES string of the molecule is Cc1ccccc1-c1cccc2c1Oc1ccc(-c3ccccc3)c3c1B2c1cccc(-c2ccccc2C)c1O3. The molecule has 2 aliphatic heterocycles. The quantitative estimate of drug-likeness (QED) is 0.217. The number of benzene rings is 6. The molecule has 0 aliphatic carbocycles. The fraction of sp³-hybridized carbons (Fsp3) is 0.0526. The summed E-state index contributed by atoms with van der Waals surface area (Å²) in [6, 6.07) is 45.0. The van der Waals surface area contributed by atoms with Crippen LogP contribution in [0.25, 0.3) is 33.4 Å².